The van der Waals surface area contributed by atoms with E-state index in [1.165, 1.54) is 25.7 Å². The van der Waals surface area contributed by atoms with Crippen molar-refractivity contribution in [3.63, 3.8) is 0 Å². The second-order valence-corrected chi connectivity index (χ2v) is 5.77. The number of aryl methyl sites for hydroxylation is 1. The summed E-state index contributed by atoms with van der Waals surface area (Å²) in [5, 5.41) is 3.29. The summed E-state index contributed by atoms with van der Waals surface area (Å²) in [5.74, 6) is 1.72. The fourth-order valence-corrected chi connectivity index (χ4v) is 2.77. The van der Waals surface area contributed by atoms with Gasteiger partial charge in [-0.05, 0) is 31.9 Å². The largest absolute Gasteiger partial charge is 0.356 e. The van der Waals surface area contributed by atoms with Gasteiger partial charge in [-0.15, -0.1) is 0 Å². The molecule has 3 rings (SSSR count). The Bertz CT molecular complexity index is 591. The zero-order chi connectivity index (χ0) is 15.2. The van der Waals surface area contributed by atoms with Gasteiger partial charge in [0.25, 0.3) is 0 Å². The minimum absolute atomic E-state index is 0.643. The maximum absolute atomic E-state index is 4.69. The molecular formula is C17H23N5. The SMILES string of the molecule is Cc1cc(N2CCCCCC2)nc(NCc2ccccn2)n1. The van der Waals surface area contributed by atoms with Crippen molar-refractivity contribution in [3.05, 3.63) is 41.9 Å². The van der Waals surface area contributed by atoms with Crippen LogP contribution in [0.1, 0.15) is 37.1 Å². The van der Waals surface area contributed by atoms with Crippen molar-refractivity contribution in [2.24, 2.45) is 0 Å². The van der Waals surface area contributed by atoms with E-state index in [-0.39, 0.29) is 0 Å². The molecule has 0 spiro atoms. The lowest BCUT2D eigenvalue weighted by Crippen LogP contribution is -2.25. The minimum atomic E-state index is 0.643. The Hall–Kier alpha value is -2.17. The van der Waals surface area contributed by atoms with Gasteiger partial charge in [0.2, 0.25) is 5.95 Å². The molecule has 0 atom stereocenters. The van der Waals surface area contributed by atoms with Crippen molar-refractivity contribution in [3.8, 4) is 0 Å². The van der Waals surface area contributed by atoms with Crippen molar-refractivity contribution in [1.29, 1.82) is 0 Å². The van der Waals surface area contributed by atoms with Crippen LogP contribution in [0.3, 0.4) is 0 Å². The fraction of sp³-hybridized carbons (Fsp3) is 0.471. The first-order valence-corrected chi connectivity index (χ1v) is 8.06. The van der Waals surface area contributed by atoms with Crippen LogP contribution in [0.5, 0.6) is 0 Å². The summed E-state index contributed by atoms with van der Waals surface area (Å²) >= 11 is 0. The molecule has 0 saturated carbocycles. The van der Waals surface area contributed by atoms with E-state index in [9.17, 15) is 0 Å². The van der Waals surface area contributed by atoms with E-state index in [2.05, 4.69) is 31.2 Å². The number of nitrogens with zero attached hydrogens (tertiary/aromatic N) is 4. The first-order valence-electron chi connectivity index (χ1n) is 8.06. The van der Waals surface area contributed by atoms with Crippen LogP contribution in [0.15, 0.2) is 30.5 Å². The second-order valence-electron chi connectivity index (χ2n) is 5.77. The quantitative estimate of drug-likeness (QED) is 0.939. The third kappa shape index (κ3) is 3.93. The predicted octanol–water partition coefficient (Wildman–Crippen LogP) is 3.17. The van der Waals surface area contributed by atoms with Crippen LogP contribution >= 0.6 is 0 Å². The smallest absolute Gasteiger partial charge is 0.225 e. The Kier molecular flexibility index (Phi) is 4.83. The van der Waals surface area contributed by atoms with E-state index in [1.807, 2.05) is 25.1 Å². The highest BCUT2D eigenvalue weighted by Crippen LogP contribution is 2.19. The van der Waals surface area contributed by atoms with E-state index in [4.69, 9.17) is 0 Å². The van der Waals surface area contributed by atoms with Gasteiger partial charge in [-0.2, -0.15) is 4.98 Å². The van der Waals surface area contributed by atoms with Crippen molar-refractivity contribution in [2.45, 2.75) is 39.2 Å². The molecule has 2 aromatic rings. The summed E-state index contributed by atoms with van der Waals surface area (Å²) in [5.41, 5.74) is 1.99. The molecule has 5 nitrogen and oxygen atoms in total. The van der Waals surface area contributed by atoms with Crippen LogP contribution in [-0.2, 0) is 6.54 Å². The predicted molar refractivity (Wildman–Crippen MR) is 89.0 cm³/mol. The average Bonchev–Trinajstić information content (AvgIpc) is 2.83. The number of hydrogen-bond donors (Lipinski definition) is 1. The fourth-order valence-electron chi connectivity index (χ4n) is 2.77. The van der Waals surface area contributed by atoms with Crippen LogP contribution in [0, 0.1) is 6.92 Å². The Morgan fingerprint density at radius 3 is 2.64 bits per heavy atom. The normalized spacial score (nSPS) is 15.4. The Labute approximate surface area is 131 Å². The van der Waals surface area contributed by atoms with Gasteiger partial charge in [0.05, 0.1) is 12.2 Å². The first kappa shape index (κ1) is 14.8. The zero-order valence-corrected chi connectivity index (χ0v) is 13.1. The molecule has 0 unspecified atom stereocenters. The highest BCUT2D eigenvalue weighted by molar-refractivity contribution is 5.45. The van der Waals surface area contributed by atoms with Crippen LogP contribution in [0.2, 0.25) is 0 Å². The van der Waals surface area contributed by atoms with Crippen LogP contribution in [-0.4, -0.2) is 28.0 Å². The van der Waals surface area contributed by atoms with E-state index in [0.717, 1.165) is 30.3 Å². The molecule has 1 saturated heterocycles. The summed E-state index contributed by atoms with van der Waals surface area (Å²) in [6.45, 7) is 4.85. The van der Waals surface area contributed by atoms with Gasteiger partial charge in [-0.3, -0.25) is 4.98 Å². The molecule has 3 heterocycles. The van der Waals surface area contributed by atoms with Gasteiger partial charge in [-0.25, -0.2) is 4.98 Å². The zero-order valence-electron chi connectivity index (χ0n) is 13.1. The maximum atomic E-state index is 4.69. The van der Waals surface area contributed by atoms with Crippen molar-refractivity contribution >= 4 is 11.8 Å². The molecule has 22 heavy (non-hydrogen) atoms. The number of rotatable bonds is 4. The lowest BCUT2D eigenvalue weighted by Gasteiger charge is -2.22. The van der Waals surface area contributed by atoms with Gasteiger partial charge in [0.1, 0.15) is 5.82 Å². The average molecular weight is 297 g/mol. The monoisotopic (exact) mass is 297 g/mol. The number of pyridine rings is 1. The summed E-state index contributed by atoms with van der Waals surface area (Å²) in [4.78, 5) is 15.9. The summed E-state index contributed by atoms with van der Waals surface area (Å²) < 4.78 is 0. The number of aromatic nitrogens is 3. The van der Waals surface area contributed by atoms with Gasteiger partial charge in [-0.1, -0.05) is 18.9 Å². The Morgan fingerprint density at radius 2 is 1.91 bits per heavy atom. The highest BCUT2D eigenvalue weighted by atomic mass is 15.2. The Balaban J connectivity index is 1.71. The molecule has 116 valence electrons. The highest BCUT2D eigenvalue weighted by Gasteiger charge is 2.13. The van der Waals surface area contributed by atoms with Gasteiger partial charge < -0.3 is 10.2 Å². The lowest BCUT2D eigenvalue weighted by molar-refractivity contribution is 0.726. The molecule has 0 aromatic carbocycles. The Morgan fingerprint density at radius 1 is 1.09 bits per heavy atom. The van der Waals surface area contributed by atoms with E-state index < -0.39 is 0 Å². The van der Waals surface area contributed by atoms with Gasteiger partial charge in [0.15, 0.2) is 0 Å². The van der Waals surface area contributed by atoms with Gasteiger partial charge >= 0.3 is 0 Å². The number of nitrogens with one attached hydrogen (secondary N) is 1. The topological polar surface area (TPSA) is 53.9 Å². The summed E-state index contributed by atoms with van der Waals surface area (Å²) in [6.07, 6.45) is 6.95. The molecule has 0 aliphatic carbocycles. The molecule has 0 amide bonds. The summed E-state index contributed by atoms with van der Waals surface area (Å²) in [6, 6.07) is 7.99. The molecule has 0 bridgehead atoms. The van der Waals surface area contributed by atoms with Crippen molar-refractivity contribution < 1.29 is 0 Å². The molecule has 1 fully saturated rings. The summed E-state index contributed by atoms with van der Waals surface area (Å²) in [7, 11) is 0. The molecule has 2 aromatic heterocycles. The van der Waals surface area contributed by atoms with Crippen LogP contribution < -0.4 is 10.2 Å². The third-order valence-corrected chi connectivity index (χ3v) is 3.92. The second kappa shape index (κ2) is 7.20. The first-order chi connectivity index (χ1) is 10.8. The number of hydrogen-bond acceptors (Lipinski definition) is 5. The molecule has 5 heteroatoms. The lowest BCUT2D eigenvalue weighted by atomic mass is 10.2. The molecule has 0 radical (unpaired) electrons. The van der Waals surface area contributed by atoms with Crippen LogP contribution in [0.4, 0.5) is 11.8 Å². The minimum Gasteiger partial charge on any atom is -0.356 e. The van der Waals surface area contributed by atoms with Gasteiger partial charge in [0, 0.05) is 31.0 Å². The molecular weight excluding hydrogens is 274 g/mol. The maximum Gasteiger partial charge on any atom is 0.225 e. The van der Waals surface area contributed by atoms with E-state index >= 15 is 0 Å². The third-order valence-electron chi connectivity index (χ3n) is 3.92. The van der Waals surface area contributed by atoms with E-state index in [1.54, 1.807) is 6.20 Å². The molecule has 1 aliphatic heterocycles. The standard InChI is InChI=1S/C17H23N5/c1-14-12-16(22-10-6-2-3-7-11-22)21-17(20-14)19-13-15-8-4-5-9-18-15/h4-5,8-9,12H,2-3,6-7,10-11,13H2,1H3,(H,19,20,21). The number of anilines is 2. The van der Waals surface area contributed by atoms with Crippen molar-refractivity contribution in [1.82, 2.24) is 15.0 Å². The molecule has 1 N–H and O–H groups in total. The van der Waals surface area contributed by atoms with Crippen molar-refractivity contribution in [2.75, 3.05) is 23.3 Å². The van der Waals surface area contributed by atoms with Crippen LogP contribution in [0.25, 0.3) is 0 Å². The van der Waals surface area contributed by atoms with E-state index in [0.29, 0.717) is 12.5 Å². The molecule has 1 aliphatic rings.